The molecular formula is C17H27NO2. The second-order valence-electron chi connectivity index (χ2n) is 6.30. The molecule has 1 aliphatic rings. The molecule has 3 heteroatoms. The summed E-state index contributed by atoms with van der Waals surface area (Å²) in [6.45, 7) is 8.49. The highest BCUT2D eigenvalue weighted by molar-refractivity contribution is 5.50. The van der Waals surface area contributed by atoms with Gasteiger partial charge in [-0.05, 0) is 32.8 Å². The fourth-order valence-corrected chi connectivity index (χ4v) is 2.84. The van der Waals surface area contributed by atoms with Gasteiger partial charge in [-0.3, -0.25) is 0 Å². The van der Waals surface area contributed by atoms with Crippen molar-refractivity contribution in [2.24, 2.45) is 5.73 Å². The molecule has 20 heavy (non-hydrogen) atoms. The zero-order valence-electron chi connectivity index (χ0n) is 13.1. The van der Waals surface area contributed by atoms with Gasteiger partial charge in [0.05, 0.1) is 0 Å². The van der Waals surface area contributed by atoms with E-state index in [-0.39, 0.29) is 17.7 Å². The van der Waals surface area contributed by atoms with Crippen LogP contribution in [0.15, 0.2) is 18.2 Å². The van der Waals surface area contributed by atoms with Crippen LogP contribution in [0.4, 0.5) is 0 Å². The van der Waals surface area contributed by atoms with Gasteiger partial charge in [-0.15, -0.1) is 0 Å². The first-order valence-electron chi connectivity index (χ1n) is 7.70. The van der Waals surface area contributed by atoms with Crippen molar-refractivity contribution < 1.29 is 9.47 Å². The molecule has 1 aliphatic heterocycles. The Morgan fingerprint density at radius 2 is 2.10 bits per heavy atom. The van der Waals surface area contributed by atoms with E-state index in [0.717, 1.165) is 37.2 Å². The Bertz CT molecular complexity index is 456. The van der Waals surface area contributed by atoms with E-state index in [2.05, 4.69) is 33.8 Å². The summed E-state index contributed by atoms with van der Waals surface area (Å²) in [5, 5.41) is 0. The number of ether oxygens (including phenoxy) is 2. The molecule has 1 aromatic carbocycles. The molecule has 0 bridgehead atoms. The summed E-state index contributed by atoms with van der Waals surface area (Å²) in [6.07, 6.45) is 3.96. The number of hydrogen-bond acceptors (Lipinski definition) is 3. The molecule has 0 saturated heterocycles. The number of rotatable bonds is 6. The van der Waals surface area contributed by atoms with Crippen molar-refractivity contribution in [3.63, 3.8) is 0 Å². The van der Waals surface area contributed by atoms with Gasteiger partial charge >= 0.3 is 0 Å². The summed E-state index contributed by atoms with van der Waals surface area (Å²) in [4.78, 5) is 0. The molecular weight excluding hydrogens is 250 g/mol. The van der Waals surface area contributed by atoms with Gasteiger partial charge < -0.3 is 15.2 Å². The first-order chi connectivity index (χ1) is 9.46. The third-order valence-electron chi connectivity index (χ3n) is 3.84. The van der Waals surface area contributed by atoms with Gasteiger partial charge in [0.15, 0.2) is 11.5 Å². The third-order valence-corrected chi connectivity index (χ3v) is 3.84. The smallest absolute Gasteiger partial charge is 0.165 e. The maximum Gasteiger partial charge on any atom is 0.165 e. The van der Waals surface area contributed by atoms with Crippen LogP contribution in [0.25, 0.3) is 0 Å². The molecule has 0 aromatic heterocycles. The minimum atomic E-state index is -0.144. The summed E-state index contributed by atoms with van der Waals surface area (Å²) in [5.74, 6) is 1.74. The van der Waals surface area contributed by atoms with E-state index in [4.69, 9.17) is 15.2 Å². The zero-order valence-corrected chi connectivity index (χ0v) is 13.1. The third kappa shape index (κ3) is 3.26. The number of fused-ring (bicyclic) bond motifs is 1. The van der Waals surface area contributed by atoms with Crippen LogP contribution in [0.2, 0.25) is 0 Å². The maximum absolute atomic E-state index is 6.22. The van der Waals surface area contributed by atoms with Gasteiger partial charge in [-0.2, -0.15) is 0 Å². The van der Waals surface area contributed by atoms with Gasteiger partial charge in [0, 0.05) is 18.0 Å². The van der Waals surface area contributed by atoms with Crippen molar-refractivity contribution in [3.05, 3.63) is 23.8 Å². The number of para-hydroxylation sites is 1. The van der Waals surface area contributed by atoms with Crippen LogP contribution in [0, 0.1) is 0 Å². The zero-order chi connectivity index (χ0) is 14.8. The van der Waals surface area contributed by atoms with Crippen molar-refractivity contribution in [1.29, 1.82) is 0 Å². The second kappa shape index (κ2) is 6.04. The summed E-state index contributed by atoms with van der Waals surface area (Å²) in [5.41, 5.74) is 7.30. The van der Waals surface area contributed by atoms with Gasteiger partial charge in [-0.1, -0.05) is 32.4 Å². The standard InChI is InChI=1S/C17H27NO2/c1-5-8-13(18)14(6-2)19-15-10-7-9-12-11-17(3,4)20-16(12)15/h7,9-10,13-14H,5-6,8,11,18H2,1-4H3. The van der Waals surface area contributed by atoms with Gasteiger partial charge in [-0.25, -0.2) is 0 Å². The number of hydrogen-bond donors (Lipinski definition) is 1. The highest BCUT2D eigenvalue weighted by atomic mass is 16.5. The maximum atomic E-state index is 6.22. The largest absolute Gasteiger partial charge is 0.485 e. The highest BCUT2D eigenvalue weighted by Crippen LogP contribution is 2.42. The van der Waals surface area contributed by atoms with Gasteiger partial charge in [0.2, 0.25) is 0 Å². The Morgan fingerprint density at radius 1 is 1.35 bits per heavy atom. The second-order valence-corrected chi connectivity index (χ2v) is 6.30. The molecule has 0 spiro atoms. The highest BCUT2D eigenvalue weighted by Gasteiger charge is 2.33. The van der Waals surface area contributed by atoms with E-state index in [1.165, 1.54) is 5.56 Å². The van der Waals surface area contributed by atoms with Crippen molar-refractivity contribution >= 4 is 0 Å². The van der Waals surface area contributed by atoms with Crippen LogP contribution in [-0.4, -0.2) is 17.7 Å². The molecule has 1 heterocycles. The van der Waals surface area contributed by atoms with E-state index >= 15 is 0 Å². The molecule has 1 aromatic rings. The summed E-state index contributed by atoms with van der Waals surface area (Å²) < 4.78 is 12.2. The Hall–Kier alpha value is -1.22. The quantitative estimate of drug-likeness (QED) is 0.862. The first kappa shape index (κ1) is 15.2. The molecule has 0 fully saturated rings. The van der Waals surface area contributed by atoms with Crippen LogP contribution < -0.4 is 15.2 Å². The lowest BCUT2D eigenvalue weighted by molar-refractivity contribution is 0.117. The Morgan fingerprint density at radius 3 is 2.75 bits per heavy atom. The minimum Gasteiger partial charge on any atom is -0.485 e. The SMILES string of the molecule is CCCC(N)C(CC)Oc1cccc2c1OC(C)(C)C2. The first-order valence-corrected chi connectivity index (χ1v) is 7.70. The summed E-state index contributed by atoms with van der Waals surface area (Å²) in [7, 11) is 0. The molecule has 0 radical (unpaired) electrons. The lowest BCUT2D eigenvalue weighted by Gasteiger charge is -2.25. The van der Waals surface area contributed by atoms with Crippen molar-refractivity contribution in [3.8, 4) is 11.5 Å². The molecule has 0 saturated carbocycles. The van der Waals surface area contributed by atoms with Crippen LogP contribution in [0.5, 0.6) is 11.5 Å². The van der Waals surface area contributed by atoms with E-state index in [0.29, 0.717) is 0 Å². The van der Waals surface area contributed by atoms with E-state index < -0.39 is 0 Å². The number of nitrogens with two attached hydrogens (primary N) is 1. The van der Waals surface area contributed by atoms with Crippen LogP contribution >= 0.6 is 0 Å². The lowest BCUT2D eigenvalue weighted by atomic mass is 10.0. The lowest BCUT2D eigenvalue weighted by Crippen LogP contribution is -2.38. The fourth-order valence-electron chi connectivity index (χ4n) is 2.84. The normalized spacial score (nSPS) is 19.1. The molecule has 2 unspecified atom stereocenters. The Kier molecular flexibility index (Phi) is 4.59. The average Bonchev–Trinajstić information content (AvgIpc) is 2.70. The van der Waals surface area contributed by atoms with E-state index in [9.17, 15) is 0 Å². The Labute approximate surface area is 122 Å². The predicted molar refractivity (Wildman–Crippen MR) is 82.4 cm³/mol. The molecule has 2 N–H and O–H groups in total. The van der Waals surface area contributed by atoms with Crippen LogP contribution in [-0.2, 0) is 6.42 Å². The predicted octanol–water partition coefficient (Wildman–Crippen LogP) is 3.68. The van der Waals surface area contributed by atoms with Gasteiger partial charge in [0.1, 0.15) is 11.7 Å². The van der Waals surface area contributed by atoms with Gasteiger partial charge in [0.25, 0.3) is 0 Å². The van der Waals surface area contributed by atoms with Crippen molar-refractivity contribution in [2.45, 2.75) is 71.1 Å². The van der Waals surface area contributed by atoms with E-state index in [1.54, 1.807) is 0 Å². The molecule has 3 nitrogen and oxygen atoms in total. The molecule has 2 atom stereocenters. The number of benzene rings is 1. The topological polar surface area (TPSA) is 44.5 Å². The van der Waals surface area contributed by atoms with Crippen LogP contribution in [0.3, 0.4) is 0 Å². The fraction of sp³-hybridized carbons (Fsp3) is 0.647. The van der Waals surface area contributed by atoms with Crippen molar-refractivity contribution in [2.75, 3.05) is 0 Å². The van der Waals surface area contributed by atoms with E-state index in [1.807, 2.05) is 12.1 Å². The molecule has 0 amide bonds. The molecule has 2 rings (SSSR count). The minimum absolute atomic E-state index is 0.0498. The summed E-state index contributed by atoms with van der Waals surface area (Å²) in [6, 6.07) is 6.22. The summed E-state index contributed by atoms with van der Waals surface area (Å²) >= 11 is 0. The molecule has 0 aliphatic carbocycles. The monoisotopic (exact) mass is 277 g/mol. The van der Waals surface area contributed by atoms with Crippen molar-refractivity contribution in [1.82, 2.24) is 0 Å². The van der Waals surface area contributed by atoms with Crippen LogP contribution in [0.1, 0.15) is 52.5 Å². The Balaban J connectivity index is 2.17. The average molecular weight is 277 g/mol. The molecule has 112 valence electrons.